The number of hydrogen-bond donors (Lipinski definition) is 0. The third-order valence-corrected chi connectivity index (χ3v) is 4.98. The molecule has 0 saturated heterocycles. The minimum Gasteiger partial charge on any atom is -0.0839 e. The molecule has 1 aliphatic rings. The van der Waals surface area contributed by atoms with Crippen LogP contribution in [0.4, 0.5) is 0 Å². The Kier molecular flexibility index (Phi) is 6.36. The molecule has 0 atom stereocenters. The van der Waals surface area contributed by atoms with Crippen molar-refractivity contribution in [1.82, 2.24) is 0 Å². The smallest absolute Gasteiger partial charge is 0.0260 e. The molecule has 0 radical (unpaired) electrons. The van der Waals surface area contributed by atoms with Crippen molar-refractivity contribution in [2.75, 3.05) is 0 Å². The maximum atomic E-state index is 2.37. The molecular weight excluding hydrogens is 240 g/mol. The summed E-state index contributed by atoms with van der Waals surface area (Å²) < 4.78 is 0. The van der Waals surface area contributed by atoms with Crippen LogP contribution in [0.2, 0.25) is 0 Å². The first kappa shape index (κ1) is 15.4. The van der Waals surface area contributed by atoms with E-state index in [0.29, 0.717) is 0 Å². The molecule has 0 N–H and O–H groups in total. The molecule has 0 heterocycles. The van der Waals surface area contributed by atoms with Gasteiger partial charge in [-0.05, 0) is 42.2 Å². The number of allylic oxidation sites excluding steroid dienone is 1. The highest BCUT2D eigenvalue weighted by Gasteiger charge is 2.18. The summed E-state index contributed by atoms with van der Waals surface area (Å²) in [5.41, 5.74) is 2.77. The van der Waals surface area contributed by atoms with Crippen LogP contribution in [0.15, 0.2) is 30.3 Å². The summed E-state index contributed by atoms with van der Waals surface area (Å²) >= 11 is 0. The molecule has 0 aliphatic heterocycles. The zero-order valence-electron chi connectivity index (χ0n) is 13.3. The molecule has 0 unspecified atom stereocenters. The van der Waals surface area contributed by atoms with Crippen molar-refractivity contribution in [2.24, 2.45) is 11.8 Å². The molecule has 110 valence electrons. The van der Waals surface area contributed by atoms with Crippen LogP contribution in [0.3, 0.4) is 0 Å². The molecular formula is C20H30. The van der Waals surface area contributed by atoms with Crippen LogP contribution in [0.1, 0.15) is 69.9 Å². The van der Waals surface area contributed by atoms with Crippen molar-refractivity contribution in [3.8, 4) is 0 Å². The van der Waals surface area contributed by atoms with E-state index in [1.165, 1.54) is 56.1 Å². The highest BCUT2D eigenvalue weighted by Crippen LogP contribution is 2.33. The summed E-state index contributed by atoms with van der Waals surface area (Å²) in [5, 5.41) is 0. The molecule has 2 rings (SSSR count). The lowest BCUT2D eigenvalue weighted by Gasteiger charge is -2.27. The average molecular weight is 270 g/mol. The van der Waals surface area contributed by atoms with Crippen LogP contribution in [-0.2, 0) is 6.42 Å². The van der Waals surface area contributed by atoms with Crippen molar-refractivity contribution in [3.63, 3.8) is 0 Å². The van der Waals surface area contributed by atoms with Crippen molar-refractivity contribution in [2.45, 2.75) is 65.2 Å². The largest absolute Gasteiger partial charge is 0.0839 e. The maximum Gasteiger partial charge on any atom is -0.0260 e. The number of hydrogen-bond acceptors (Lipinski definition) is 0. The predicted octanol–water partition coefficient (Wildman–Crippen LogP) is 6.26. The topological polar surface area (TPSA) is 0 Å². The summed E-state index contributed by atoms with van der Waals surface area (Å²) in [6, 6.07) is 8.96. The minimum atomic E-state index is 0.991. The highest BCUT2D eigenvalue weighted by atomic mass is 14.2. The third-order valence-electron chi connectivity index (χ3n) is 4.98. The summed E-state index contributed by atoms with van der Waals surface area (Å²) in [6.07, 6.45) is 15.7. The first-order valence-electron chi connectivity index (χ1n) is 8.57. The van der Waals surface area contributed by atoms with Crippen LogP contribution >= 0.6 is 0 Å². The quantitative estimate of drug-likeness (QED) is 0.572. The van der Waals surface area contributed by atoms with Gasteiger partial charge in [-0.25, -0.2) is 0 Å². The van der Waals surface area contributed by atoms with Gasteiger partial charge in [0.15, 0.2) is 0 Å². The third kappa shape index (κ3) is 4.81. The SMILES string of the molecule is CCc1ccc(C=CCCC2CCC(CC)CC2)cc1. The summed E-state index contributed by atoms with van der Waals surface area (Å²) in [6.45, 7) is 4.55. The van der Waals surface area contributed by atoms with E-state index in [-0.39, 0.29) is 0 Å². The molecule has 0 nitrogen and oxygen atoms in total. The number of aryl methyl sites for hydroxylation is 1. The second-order valence-corrected chi connectivity index (χ2v) is 6.37. The Morgan fingerprint density at radius 1 is 0.950 bits per heavy atom. The van der Waals surface area contributed by atoms with Gasteiger partial charge < -0.3 is 0 Å². The van der Waals surface area contributed by atoms with Gasteiger partial charge in [0.05, 0.1) is 0 Å². The van der Waals surface area contributed by atoms with E-state index in [9.17, 15) is 0 Å². The van der Waals surface area contributed by atoms with Crippen molar-refractivity contribution >= 4 is 6.08 Å². The Bertz CT molecular complexity index is 391. The van der Waals surface area contributed by atoms with Crippen LogP contribution in [0, 0.1) is 11.8 Å². The number of rotatable bonds is 6. The molecule has 0 spiro atoms. The molecule has 1 saturated carbocycles. The van der Waals surface area contributed by atoms with E-state index in [1.807, 2.05) is 0 Å². The zero-order valence-corrected chi connectivity index (χ0v) is 13.3. The lowest BCUT2D eigenvalue weighted by Crippen LogP contribution is -2.13. The lowest BCUT2D eigenvalue weighted by molar-refractivity contribution is 0.260. The van der Waals surface area contributed by atoms with Gasteiger partial charge in [0.1, 0.15) is 0 Å². The predicted molar refractivity (Wildman–Crippen MR) is 89.8 cm³/mol. The molecule has 20 heavy (non-hydrogen) atoms. The Hall–Kier alpha value is -1.04. The molecule has 0 heteroatoms. The van der Waals surface area contributed by atoms with E-state index in [0.717, 1.165) is 18.3 Å². The molecule has 1 aliphatic carbocycles. The van der Waals surface area contributed by atoms with E-state index in [4.69, 9.17) is 0 Å². The van der Waals surface area contributed by atoms with E-state index < -0.39 is 0 Å². The van der Waals surface area contributed by atoms with Gasteiger partial charge in [0.25, 0.3) is 0 Å². The lowest BCUT2D eigenvalue weighted by atomic mass is 9.79. The van der Waals surface area contributed by atoms with E-state index in [2.05, 4.69) is 50.3 Å². The summed E-state index contributed by atoms with van der Waals surface area (Å²) in [7, 11) is 0. The molecule has 0 amide bonds. The van der Waals surface area contributed by atoms with Gasteiger partial charge in [-0.15, -0.1) is 0 Å². The van der Waals surface area contributed by atoms with Gasteiger partial charge in [-0.1, -0.05) is 82.4 Å². The fourth-order valence-electron chi connectivity index (χ4n) is 3.34. The van der Waals surface area contributed by atoms with Crippen molar-refractivity contribution < 1.29 is 0 Å². The van der Waals surface area contributed by atoms with Crippen LogP contribution in [0.5, 0.6) is 0 Å². The van der Waals surface area contributed by atoms with E-state index >= 15 is 0 Å². The first-order valence-corrected chi connectivity index (χ1v) is 8.57. The molecule has 0 aromatic heterocycles. The Morgan fingerprint density at radius 2 is 1.60 bits per heavy atom. The van der Waals surface area contributed by atoms with Crippen LogP contribution in [-0.4, -0.2) is 0 Å². The zero-order chi connectivity index (χ0) is 14.2. The van der Waals surface area contributed by atoms with Gasteiger partial charge in [-0.2, -0.15) is 0 Å². The molecule has 1 fully saturated rings. The standard InChI is InChI=1S/C20H30/c1-3-17-9-13-19(14-10-17)7-5-6-8-20-15-11-18(4-2)12-16-20/h5,7,9-10,13-14,18,20H,3-4,6,8,11-12,15-16H2,1-2H3. The van der Waals surface area contributed by atoms with Crippen molar-refractivity contribution in [3.05, 3.63) is 41.5 Å². The maximum absolute atomic E-state index is 2.37. The van der Waals surface area contributed by atoms with Gasteiger partial charge in [0, 0.05) is 0 Å². The monoisotopic (exact) mass is 270 g/mol. The van der Waals surface area contributed by atoms with Gasteiger partial charge in [-0.3, -0.25) is 0 Å². The number of benzene rings is 1. The fraction of sp³-hybridized carbons (Fsp3) is 0.600. The summed E-state index contributed by atoms with van der Waals surface area (Å²) in [4.78, 5) is 0. The van der Waals surface area contributed by atoms with Crippen LogP contribution < -0.4 is 0 Å². The van der Waals surface area contributed by atoms with Crippen LogP contribution in [0.25, 0.3) is 6.08 Å². The Morgan fingerprint density at radius 3 is 2.20 bits per heavy atom. The highest BCUT2D eigenvalue weighted by molar-refractivity contribution is 5.49. The second kappa shape index (κ2) is 8.29. The van der Waals surface area contributed by atoms with E-state index in [1.54, 1.807) is 0 Å². The second-order valence-electron chi connectivity index (χ2n) is 6.37. The average Bonchev–Trinajstić information content (AvgIpc) is 2.53. The summed E-state index contributed by atoms with van der Waals surface area (Å²) in [5.74, 6) is 2.02. The van der Waals surface area contributed by atoms with Crippen molar-refractivity contribution in [1.29, 1.82) is 0 Å². The first-order chi connectivity index (χ1) is 9.81. The molecule has 0 bridgehead atoms. The normalized spacial score (nSPS) is 23.3. The minimum absolute atomic E-state index is 0.991. The molecule has 1 aromatic carbocycles. The van der Waals surface area contributed by atoms with Gasteiger partial charge >= 0.3 is 0 Å². The Labute approximate surface area is 125 Å². The van der Waals surface area contributed by atoms with Gasteiger partial charge in [0.2, 0.25) is 0 Å². The Balaban J connectivity index is 1.68. The fourth-order valence-corrected chi connectivity index (χ4v) is 3.34. The molecule has 1 aromatic rings.